The topological polar surface area (TPSA) is 74.7 Å². The van der Waals surface area contributed by atoms with Crippen LogP contribution >= 0.6 is 27.7 Å². The van der Waals surface area contributed by atoms with Crippen molar-refractivity contribution in [2.24, 2.45) is 0 Å². The summed E-state index contributed by atoms with van der Waals surface area (Å²) in [5.41, 5.74) is 1.07. The minimum Gasteiger partial charge on any atom is -0.502 e. The maximum absolute atomic E-state index is 13.5. The Hall–Kier alpha value is -2.55. The summed E-state index contributed by atoms with van der Waals surface area (Å²) in [7, 11) is -4.13. The highest BCUT2D eigenvalue weighted by atomic mass is 79.9. The van der Waals surface area contributed by atoms with Crippen molar-refractivity contribution in [1.29, 1.82) is 0 Å². The Balaban J connectivity index is 1.93. The average molecular weight is 516 g/mol. The van der Waals surface area contributed by atoms with Crippen molar-refractivity contribution in [2.75, 3.05) is 11.2 Å². The minimum atomic E-state index is -4.13. The molecule has 1 amide bonds. The Kier molecular flexibility index (Phi) is 5.96. The van der Waals surface area contributed by atoms with Crippen LogP contribution in [0.1, 0.15) is 11.6 Å². The van der Waals surface area contributed by atoms with Crippen molar-refractivity contribution in [1.82, 2.24) is 0 Å². The highest BCUT2D eigenvalue weighted by Crippen LogP contribution is 2.45. The third kappa shape index (κ3) is 3.91. The van der Waals surface area contributed by atoms with Crippen molar-refractivity contribution in [3.05, 3.63) is 99.6 Å². The molecule has 4 rings (SSSR count). The molecule has 1 aliphatic rings. The van der Waals surface area contributed by atoms with Gasteiger partial charge in [0.05, 0.1) is 4.90 Å². The molecule has 3 aromatic carbocycles. The van der Waals surface area contributed by atoms with E-state index in [0.29, 0.717) is 11.3 Å². The largest absolute Gasteiger partial charge is 0.502 e. The lowest BCUT2D eigenvalue weighted by atomic mass is 10.1. The maximum Gasteiger partial charge on any atom is 0.295 e. The zero-order valence-corrected chi connectivity index (χ0v) is 19.6. The highest BCUT2D eigenvalue weighted by molar-refractivity contribution is 9.10. The summed E-state index contributed by atoms with van der Waals surface area (Å²) < 4.78 is 27.9. The van der Waals surface area contributed by atoms with Gasteiger partial charge in [-0.1, -0.05) is 46.3 Å². The zero-order valence-electron chi connectivity index (χ0n) is 16.4. The molecule has 0 saturated carbocycles. The van der Waals surface area contributed by atoms with Gasteiger partial charge >= 0.3 is 0 Å². The standard InChI is InChI=1S/C23H18BrNO4S2/c1-30-18-13-7-15(8-14-18)20-22(31(28,29)19-5-3-2-4-6-19)21(26)23(27)25(20)17-11-9-16(24)10-12-17/h2-14,20,26H,1H3. The second-order valence-electron chi connectivity index (χ2n) is 6.86. The number of anilines is 1. The molecule has 0 saturated heterocycles. The summed E-state index contributed by atoms with van der Waals surface area (Å²) in [5, 5.41) is 10.8. The number of hydrogen-bond acceptors (Lipinski definition) is 5. The summed E-state index contributed by atoms with van der Waals surface area (Å²) in [4.78, 5) is 15.2. The molecule has 0 radical (unpaired) electrons. The van der Waals surface area contributed by atoms with Gasteiger partial charge in [0.25, 0.3) is 5.91 Å². The van der Waals surface area contributed by atoms with Gasteiger partial charge in [0.15, 0.2) is 5.76 Å². The third-order valence-corrected chi connectivity index (χ3v) is 8.20. The van der Waals surface area contributed by atoms with Gasteiger partial charge < -0.3 is 5.11 Å². The number of halogens is 1. The van der Waals surface area contributed by atoms with Crippen LogP contribution in [0.25, 0.3) is 0 Å². The summed E-state index contributed by atoms with van der Waals surface area (Å²) in [6.45, 7) is 0. The predicted octanol–water partition coefficient (Wildman–Crippen LogP) is 5.50. The number of rotatable bonds is 5. The molecule has 0 fully saturated rings. The molecule has 0 aliphatic carbocycles. The molecule has 1 atom stereocenters. The fourth-order valence-electron chi connectivity index (χ4n) is 3.54. The predicted molar refractivity (Wildman–Crippen MR) is 126 cm³/mol. The number of nitrogens with zero attached hydrogens (tertiary/aromatic N) is 1. The number of carbonyl (C=O) groups is 1. The van der Waals surface area contributed by atoms with E-state index < -0.39 is 27.5 Å². The first-order valence-electron chi connectivity index (χ1n) is 9.31. The molecule has 1 heterocycles. The second-order valence-corrected chi connectivity index (χ2v) is 10.6. The van der Waals surface area contributed by atoms with Crippen LogP contribution in [0.15, 0.2) is 104 Å². The van der Waals surface area contributed by atoms with Gasteiger partial charge in [-0.25, -0.2) is 8.42 Å². The molecule has 8 heteroatoms. The quantitative estimate of drug-likeness (QED) is 0.454. The van der Waals surface area contributed by atoms with Gasteiger partial charge in [-0.05, 0) is 60.4 Å². The van der Waals surface area contributed by atoms with E-state index in [2.05, 4.69) is 15.9 Å². The van der Waals surface area contributed by atoms with Crippen LogP contribution in [0.4, 0.5) is 5.69 Å². The summed E-state index contributed by atoms with van der Waals surface area (Å²) >= 11 is 4.93. The summed E-state index contributed by atoms with van der Waals surface area (Å²) in [6, 6.07) is 21.1. The van der Waals surface area contributed by atoms with Crippen molar-refractivity contribution >= 4 is 49.1 Å². The SMILES string of the molecule is CSc1ccc(C2C(S(=O)(=O)c3ccccc3)=C(O)C(=O)N2c2ccc(Br)cc2)cc1. The van der Waals surface area contributed by atoms with Crippen LogP contribution in [-0.4, -0.2) is 25.7 Å². The number of benzene rings is 3. The van der Waals surface area contributed by atoms with E-state index in [9.17, 15) is 18.3 Å². The fourth-order valence-corrected chi connectivity index (χ4v) is 5.86. The Morgan fingerprint density at radius 3 is 2.13 bits per heavy atom. The molecule has 3 aromatic rings. The van der Waals surface area contributed by atoms with Crippen molar-refractivity contribution in [3.8, 4) is 0 Å². The van der Waals surface area contributed by atoms with E-state index >= 15 is 0 Å². The summed E-state index contributed by atoms with van der Waals surface area (Å²) in [6.07, 6.45) is 1.94. The monoisotopic (exact) mass is 515 g/mol. The van der Waals surface area contributed by atoms with Crippen LogP contribution in [0.3, 0.4) is 0 Å². The van der Waals surface area contributed by atoms with Gasteiger partial charge in [-0.3, -0.25) is 9.69 Å². The van der Waals surface area contributed by atoms with Crippen molar-refractivity contribution < 1.29 is 18.3 Å². The lowest BCUT2D eigenvalue weighted by Crippen LogP contribution is -2.31. The van der Waals surface area contributed by atoms with Crippen LogP contribution in [0, 0.1) is 0 Å². The van der Waals surface area contributed by atoms with Crippen molar-refractivity contribution in [2.45, 2.75) is 15.8 Å². The first-order chi connectivity index (χ1) is 14.8. The number of aliphatic hydroxyl groups excluding tert-OH is 1. The molecule has 1 unspecified atom stereocenters. The van der Waals surface area contributed by atoms with Gasteiger partial charge in [0.1, 0.15) is 10.9 Å². The number of aliphatic hydroxyl groups is 1. The molecule has 158 valence electrons. The average Bonchev–Trinajstić information content (AvgIpc) is 3.06. The number of amides is 1. The van der Waals surface area contributed by atoms with Crippen LogP contribution < -0.4 is 4.90 Å². The van der Waals surface area contributed by atoms with Crippen molar-refractivity contribution in [3.63, 3.8) is 0 Å². The zero-order chi connectivity index (χ0) is 22.2. The first-order valence-corrected chi connectivity index (χ1v) is 12.8. The molecule has 5 nitrogen and oxygen atoms in total. The number of hydrogen-bond donors (Lipinski definition) is 1. The van der Waals surface area contributed by atoms with Crippen LogP contribution in [-0.2, 0) is 14.6 Å². The smallest absolute Gasteiger partial charge is 0.295 e. The van der Waals surface area contributed by atoms with E-state index in [1.807, 2.05) is 18.4 Å². The fraction of sp³-hybridized carbons (Fsp3) is 0.0870. The molecule has 0 bridgehead atoms. The molecule has 1 N–H and O–H groups in total. The van der Waals surface area contributed by atoms with Crippen LogP contribution in [0.5, 0.6) is 0 Å². The minimum absolute atomic E-state index is 0.0211. The van der Waals surface area contributed by atoms with E-state index in [1.54, 1.807) is 66.4 Å². The Bertz CT molecular complexity index is 1260. The molecular weight excluding hydrogens is 498 g/mol. The Morgan fingerprint density at radius 2 is 1.55 bits per heavy atom. The lowest BCUT2D eigenvalue weighted by Gasteiger charge is -2.27. The Morgan fingerprint density at radius 1 is 0.935 bits per heavy atom. The Labute approximate surface area is 193 Å². The van der Waals surface area contributed by atoms with Gasteiger partial charge in [-0.15, -0.1) is 11.8 Å². The van der Waals surface area contributed by atoms with E-state index in [-0.39, 0.29) is 9.80 Å². The number of carbonyl (C=O) groups excluding carboxylic acids is 1. The van der Waals surface area contributed by atoms with Crippen LogP contribution in [0.2, 0.25) is 0 Å². The highest BCUT2D eigenvalue weighted by Gasteiger charge is 2.47. The molecule has 31 heavy (non-hydrogen) atoms. The third-order valence-electron chi connectivity index (χ3n) is 5.04. The maximum atomic E-state index is 13.5. The van der Waals surface area contributed by atoms with Gasteiger partial charge in [-0.2, -0.15) is 0 Å². The number of thioether (sulfide) groups is 1. The van der Waals surface area contributed by atoms with E-state index in [4.69, 9.17) is 0 Å². The number of sulfone groups is 1. The normalized spacial score (nSPS) is 16.8. The lowest BCUT2D eigenvalue weighted by molar-refractivity contribution is -0.117. The van der Waals surface area contributed by atoms with Gasteiger partial charge in [0, 0.05) is 15.1 Å². The summed E-state index contributed by atoms with van der Waals surface area (Å²) in [5.74, 6) is -1.51. The van der Waals surface area contributed by atoms with E-state index in [1.165, 1.54) is 17.0 Å². The molecule has 0 spiro atoms. The molecule has 1 aliphatic heterocycles. The van der Waals surface area contributed by atoms with E-state index in [0.717, 1.165) is 9.37 Å². The molecule has 0 aromatic heterocycles. The molecular formula is C23H18BrNO4S2. The first kappa shape index (κ1) is 21.7. The van der Waals surface area contributed by atoms with Gasteiger partial charge in [0.2, 0.25) is 9.84 Å². The second kappa shape index (κ2) is 8.53.